The molecule has 4 fully saturated rings. The fourth-order valence-corrected chi connectivity index (χ4v) is 9.91. The second-order valence-electron chi connectivity index (χ2n) is 18.6. The number of alkyl carbamates (subject to hydrolysis) is 2. The van der Waals surface area contributed by atoms with E-state index in [9.17, 15) is 27.6 Å². The van der Waals surface area contributed by atoms with E-state index in [1.54, 1.807) is 65.5 Å². The molecule has 2 aromatic rings. The van der Waals surface area contributed by atoms with Gasteiger partial charge >= 0.3 is 12.2 Å². The molecule has 0 radical (unpaired) electrons. The number of rotatable bonds is 11. The summed E-state index contributed by atoms with van der Waals surface area (Å²) in [5.41, 5.74) is -1.10. The third kappa shape index (κ3) is 11.6. The standard InChI is InChI=1S/C42H59ClF2N8O8S/c1-26(46-38(56)60-40(2,3)4)37(55)47-30-23-51(24-30)31-10-8-27(9-11-31)42(44,45)28-20-34(43)49-35(21-28)50-16-18-52(19-17-50)62(58,59)33-14-12-32(13-15-33)53-25-29(22-36(53)54)48-39(57)61-41(5,6)7/h12-15,20-21,26-27,29-31H,8-11,16-19,22-25H2,1-7H3,(H,46,56)(H,47,55)(H,48,57)/t26?,27?,29-,31?/m1/s1. The molecule has 342 valence electrons. The lowest BCUT2D eigenvalue weighted by Gasteiger charge is -2.47. The van der Waals surface area contributed by atoms with E-state index in [1.807, 2.05) is 0 Å². The van der Waals surface area contributed by atoms with E-state index in [2.05, 4.69) is 25.8 Å². The van der Waals surface area contributed by atoms with Gasteiger partial charge in [0.2, 0.25) is 21.8 Å². The normalized spacial score (nSPS) is 22.7. The summed E-state index contributed by atoms with van der Waals surface area (Å²) in [6.07, 6.45) is 0.539. The predicted molar refractivity (Wildman–Crippen MR) is 229 cm³/mol. The summed E-state index contributed by atoms with van der Waals surface area (Å²) in [5.74, 6) is -4.37. The van der Waals surface area contributed by atoms with Gasteiger partial charge in [-0.3, -0.25) is 14.5 Å². The molecule has 2 atom stereocenters. The Morgan fingerprint density at radius 1 is 0.839 bits per heavy atom. The van der Waals surface area contributed by atoms with Gasteiger partial charge in [0.1, 0.15) is 28.2 Å². The van der Waals surface area contributed by atoms with Crippen molar-refractivity contribution in [1.29, 1.82) is 0 Å². The summed E-state index contributed by atoms with van der Waals surface area (Å²) >= 11 is 6.34. The van der Waals surface area contributed by atoms with E-state index in [4.69, 9.17) is 21.1 Å². The highest BCUT2D eigenvalue weighted by molar-refractivity contribution is 7.89. The Morgan fingerprint density at radius 2 is 1.44 bits per heavy atom. The first kappa shape index (κ1) is 47.2. The van der Waals surface area contributed by atoms with Crippen LogP contribution in [0.5, 0.6) is 0 Å². The molecule has 0 spiro atoms. The first-order chi connectivity index (χ1) is 28.9. The molecule has 4 aliphatic rings. The summed E-state index contributed by atoms with van der Waals surface area (Å²) in [4.78, 5) is 59.5. The summed E-state index contributed by atoms with van der Waals surface area (Å²) in [6, 6.07) is 7.33. The summed E-state index contributed by atoms with van der Waals surface area (Å²) in [5, 5.41) is 8.11. The number of anilines is 2. The molecule has 6 rings (SSSR count). The van der Waals surface area contributed by atoms with E-state index in [0.717, 1.165) is 0 Å². The van der Waals surface area contributed by atoms with Gasteiger partial charge in [0, 0.05) is 75.4 Å². The predicted octanol–water partition coefficient (Wildman–Crippen LogP) is 5.24. The number of hydrogen-bond acceptors (Lipinski definition) is 11. The Morgan fingerprint density at radius 3 is 2.03 bits per heavy atom. The molecule has 4 heterocycles. The van der Waals surface area contributed by atoms with Crippen molar-refractivity contribution in [2.75, 3.05) is 55.6 Å². The number of carbonyl (C=O) groups excluding carboxylic acids is 4. The number of likely N-dealkylation sites (tertiary alicyclic amines) is 1. The zero-order chi connectivity index (χ0) is 45.4. The van der Waals surface area contributed by atoms with Gasteiger partial charge in [0.15, 0.2) is 0 Å². The van der Waals surface area contributed by atoms with Crippen LogP contribution in [0.4, 0.5) is 29.9 Å². The molecule has 1 aliphatic carbocycles. The van der Waals surface area contributed by atoms with Gasteiger partial charge in [0.25, 0.3) is 5.92 Å². The Hall–Kier alpha value is -4.33. The minimum absolute atomic E-state index is 0.0438. The number of alkyl halides is 2. The number of ether oxygens (including phenoxy) is 2. The Kier molecular flexibility index (Phi) is 14.0. The number of piperazine rings is 1. The molecule has 1 unspecified atom stereocenters. The lowest BCUT2D eigenvalue weighted by atomic mass is 9.79. The number of benzene rings is 1. The number of nitrogens with zero attached hydrogens (tertiary/aromatic N) is 5. The van der Waals surface area contributed by atoms with Crippen LogP contribution in [-0.4, -0.2) is 128 Å². The molecule has 0 bridgehead atoms. The van der Waals surface area contributed by atoms with Crippen molar-refractivity contribution in [2.24, 2.45) is 5.92 Å². The minimum atomic E-state index is -3.93. The maximum absolute atomic E-state index is 16.2. The van der Waals surface area contributed by atoms with Crippen molar-refractivity contribution in [3.8, 4) is 0 Å². The van der Waals surface area contributed by atoms with Crippen molar-refractivity contribution < 1.29 is 45.9 Å². The van der Waals surface area contributed by atoms with E-state index in [1.165, 1.54) is 33.5 Å². The van der Waals surface area contributed by atoms with Crippen LogP contribution < -0.4 is 25.8 Å². The number of hydrogen-bond donors (Lipinski definition) is 3. The van der Waals surface area contributed by atoms with Crippen LogP contribution in [0, 0.1) is 5.92 Å². The minimum Gasteiger partial charge on any atom is -0.444 e. The van der Waals surface area contributed by atoms with Crippen molar-refractivity contribution >= 4 is 57.1 Å². The Balaban J connectivity index is 0.972. The van der Waals surface area contributed by atoms with Crippen molar-refractivity contribution in [2.45, 2.75) is 127 Å². The number of carbonyl (C=O) groups is 4. The highest BCUT2D eigenvalue weighted by atomic mass is 35.5. The Bertz CT molecular complexity index is 2080. The van der Waals surface area contributed by atoms with Gasteiger partial charge in [-0.15, -0.1) is 0 Å². The number of pyridine rings is 1. The largest absolute Gasteiger partial charge is 0.444 e. The van der Waals surface area contributed by atoms with Crippen LogP contribution in [0.15, 0.2) is 41.3 Å². The fraction of sp³-hybridized carbons (Fsp3) is 0.643. The SMILES string of the molecule is CC(NC(=O)OC(C)(C)C)C(=O)NC1CN(C2CCC(C(F)(F)c3cc(Cl)nc(N4CCN(S(=O)(=O)c5ccc(N6C[C@H](NC(=O)OC(C)(C)C)CC6=O)cc5)CC4)c3)CC2)C1. The third-order valence-electron chi connectivity index (χ3n) is 11.5. The van der Waals surface area contributed by atoms with Gasteiger partial charge in [0.05, 0.1) is 17.0 Å². The average molecular weight is 909 g/mol. The Labute approximate surface area is 367 Å². The number of amides is 4. The summed E-state index contributed by atoms with van der Waals surface area (Å²) < 4.78 is 71.6. The first-order valence-corrected chi connectivity index (χ1v) is 22.9. The third-order valence-corrected chi connectivity index (χ3v) is 13.6. The van der Waals surface area contributed by atoms with Gasteiger partial charge in [-0.25, -0.2) is 31.8 Å². The lowest BCUT2D eigenvalue weighted by molar-refractivity contribution is -0.125. The molecular formula is C42H59ClF2N8O8S. The number of aromatic nitrogens is 1. The number of nitrogens with one attached hydrogen (secondary N) is 3. The highest BCUT2D eigenvalue weighted by Crippen LogP contribution is 2.46. The van der Waals surface area contributed by atoms with Crippen molar-refractivity contribution in [3.63, 3.8) is 0 Å². The summed E-state index contributed by atoms with van der Waals surface area (Å²) in [6.45, 7) is 14.0. The van der Waals surface area contributed by atoms with Crippen LogP contribution in [0.1, 0.15) is 86.1 Å². The zero-order valence-electron chi connectivity index (χ0n) is 36.4. The smallest absolute Gasteiger partial charge is 0.408 e. The van der Waals surface area contributed by atoms with Crippen molar-refractivity contribution in [3.05, 3.63) is 47.1 Å². The van der Waals surface area contributed by atoms with Crippen LogP contribution in [0.3, 0.4) is 0 Å². The lowest BCUT2D eigenvalue weighted by Crippen LogP contribution is -2.64. The second-order valence-corrected chi connectivity index (χ2v) is 21.0. The molecule has 16 nitrogen and oxygen atoms in total. The van der Waals surface area contributed by atoms with E-state index in [0.29, 0.717) is 44.5 Å². The molecule has 62 heavy (non-hydrogen) atoms. The topological polar surface area (TPSA) is 183 Å². The second kappa shape index (κ2) is 18.4. The van der Waals surface area contributed by atoms with Gasteiger partial charge in [-0.1, -0.05) is 11.6 Å². The first-order valence-electron chi connectivity index (χ1n) is 21.1. The molecule has 20 heteroatoms. The quantitative estimate of drug-likeness (QED) is 0.251. The average Bonchev–Trinajstić information content (AvgIpc) is 3.53. The zero-order valence-corrected chi connectivity index (χ0v) is 38.0. The van der Waals surface area contributed by atoms with E-state index < -0.39 is 57.3 Å². The van der Waals surface area contributed by atoms with Crippen LogP contribution in [0.25, 0.3) is 0 Å². The molecule has 4 amide bonds. The number of halogens is 3. The van der Waals surface area contributed by atoms with Gasteiger partial charge in [-0.05, 0) is 111 Å². The molecular weight excluding hydrogens is 850 g/mol. The molecule has 3 N–H and O–H groups in total. The van der Waals surface area contributed by atoms with Crippen LogP contribution >= 0.6 is 11.6 Å². The van der Waals surface area contributed by atoms with Gasteiger partial charge in [-0.2, -0.15) is 4.31 Å². The van der Waals surface area contributed by atoms with Gasteiger partial charge < -0.3 is 35.2 Å². The monoisotopic (exact) mass is 908 g/mol. The fourth-order valence-electron chi connectivity index (χ4n) is 8.29. The van der Waals surface area contributed by atoms with Crippen LogP contribution in [-0.2, 0) is 35.0 Å². The van der Waals surface area contributed by atoms with Crippen molar-refractivity contribution in [1.82, 2.24) is 30.1 Å². The molecule has 3 saturated heterocycles. The van der Waals surface area contributed by atoms with E-state index >= 15 is 8.78 Å². The molecule has 1 aromatic carbocycles. The molecule has 3 aliphatic heterocycles. The number of sulfonamides is 1. The molecule has 1 saturated carbocycles. The maximum atomic E-state index is 16.2. The van der Waals surface area contributed by atoms with Crippen LogP contribution in [0.2, 0.25) is 5.15 Å². The summed E-state index contributed by atoms with van der Waals surface area (Å²) in [7, 11) is -3.93. The highest BCUT2D eigenvalue weighted by Gasteiger charge is 2.46. The van der Waals surface area contributed by atoms with E-state index in [-0.39, 0.29) is 84.5 Å². The molecule has 1 aromatic heterocycles. The maximum Gasteiger partial charge on any atom is 0.408 e.